The maximum absolute atomic E-state index is 6.04. The molecule has 5 rings (SSSR count). The van der Waals surface area contributed by atoms with Gasteiger partial charge in [-0.05, 0) is 78.8 Å². The molecule has 0 N–H and O–H groups in total. The molecule has 0 unspecified atom stereocenters. The Morgan fingerprint density at radius 1 is 0.643 bits per heavy atom. The summed E-state index contributed by atoms with van der Waals surface area (Å²) >= 11 is 6.04. The van der Waals surface area contributed by atoms with Gasteiger partial charge in [-0.15, -0.1) is 0 Å². The van der Waals surface area contributed by atoms with Gasteiger partial charge in [0.2, 0.25) is 0 Å². The number of aryl methyl sites for hydroxylation is 2. The fourth-order valence-electron chi connectivity index (χ4n) is 5.28. The van der Waals surface area contributed by atoms with Gasteiger partial charge in [-0.1, -0.05) is 60.1 Å². The number of likely N-dealkylation sites (N-methyl/N-ethyl adjacent to an activating group) is 1. The Balaban J connectivity index is 1.01. The predicted octanol–water partition coefficient (Wildman–Crippen LogP) is 7.66. The molecule has 4 nitrogen and oxygen atoms in total. The summed E-state index contributed by atoms with van der Waals surface area (Å²) < 4.78 is 2.23. The quantitative estimate of drug-likeness (QED) is 0.127. The molecule has 42 heavy (non-hydrogen) atoms. The number of aromatic nitrogens is 1. The van der Waals surface area contributed by atoms with E-state index in [1.807, 2.05) is 12.1 Å². The molecule has 1 aromatic heterocycles. The molecule has 0 saturated heterocycles. The van der Waals surface area contributed by atoms with Crippen molar-refractivity contribution in [3.63, 3.8) is 0 Å². The highest BCUT2D eigenvalue weighted by Crippen LogP contribution is 2.22. The number of halogens is 1. The number of unbranched alkanes of at least 4 members (excludes halogenated alkanes) is 1. The van der Waals surface area contributed by atoms with Crippen molar-refractivity contribution >= 4 is 23.0 Å². The van der Waals surface area contributed by atoms with Crippen LogP contribution in [0.15, 0.2) is 122 Å². The van der Waals surface area contributed by atoms with Crippen LogP contribution in [0.1, 0.15) is 35.1 Å². The van der Waals surface area contributed by atoms with Gasteiger partial charge >= 0.3 is 0 Å². The Labute approximate surface area is 256 Å². The fourth-order valence-corrected chi connectivity index (χ4v) is 5.40. The Hall–Kier alpha value is -4.02. The first kappa shape index (κ1) is 29.5. The van der Waals surface area contributed by atoms with Crippen molar-refractivity contribution in [1.29, 1.82) is 0 Å². The van der Waals surface area contributed by atoms with Crippen molar-refractivity contribution in [2.24, 2.45) is 0 Å². The van der Waals surface area contributed by atoms with Crippen molar-refractivity contribution in [3.05, 3.63) is 149 Å². The standard InChI is InChI=1S/C37H42ClN4/c1-39(2)35-20-24-41(25-21-35)28-32-12-8-30(9-13-32)6-4-5-7-31-10-14-33(15-11-31)29-42-26-22-37(23-27-42)40(3)36-18-16-34(38)17-19-36/h8-27,37H,4-7,28-29H2,1-3H3/q+1. The summed E-state index contributed by atoms with van der Waals surface area (Å²) in [6.45, 7) is 1.77. The van der Waals surface area contributed by atoms with Crippen LogP contribution in [0.4, 0.5) is 11.4 Å². The molecule has 4 aromatic rings. The number of nitrogens with zero attached hydrogens (tertiary/aromatic N) is 4. The molecular weight excluding hydrogens is 536 g/mol. The van der Waals surface area contributed by atoms with Gasteiger partial charge in [0.25, 0.3) is 0 Å². The van der Waals surface area contributed by atoms with Crippen molar-refractivity contribution in [1.82, 2.24) is 4.90 Å². The normalized spacial score (nSPS) is 13.0. The van der Waals surface area contributed by atoms with Gasteiger partial charge in [0.15, 0.2) is 18.9 Å². The second-order valence-electron chi connectivity index (χ2n) is 11.4. The van der Waals surface area contributed by atoms with E-state index in [1.165, 1.54) is 40.8 Å². The molecule has 0 aliphatic carbocycles. The van der Waals surface area contributed by atoms with Crippen molar-refractivity contribution in [3.8, 4) is 0 Å². The average Bonchev–Trinajstić information content (AvgIpc) is 3.01. The third-order valence-electron chi connectivity index (χ3n) is 7.98. The maximum atomic E-state index is 6.04. The molecule has 0 amide bonds. The third-order valence-corrected chi connectivity index (χ3v) is 8.23. The second-order valence-corrected chi connectivity index (χ2v) is 11.8. The summed E-state index contributed by atoms with van der Waals surface area (Å²) in [6.07, 6.45) is 17.8. The first-order valence-corrected chi connectivity index (χ1v) is 15.2. The number of pyridine rings is 1. The molecule has 216 valence electrons. The summed E-state index contributed by atoms with van der Waals surface area (Å²) in [5.41, 5.74) is 7.87. The minimum Gasteiger partial charge on any atom is -0.377 e. The monoisotopic (exact) mass is 577 g/mol. The minimum atomic E-state index is 0.230. The molecule has 2 heterocycles. The predicted molar refractivity (Wildman–Crippen MR) is 177 cm³/mol. The second kappa shape index (κ2) is 14.2. The van der Waals surface area contributed by atoms with Crippen LogP contribution in [0.3, 0.4) is 0 Å². The lowest BCUT2D eigenvalue weighted by Crippen LogP contribution is -2.33. The lowest BCUT2D eigenvalue weighted by molar-refractivity contribution is -0.688. The lowest BCUT2D eigenvalue weighted by Gasteiger charge is -2.29. The van der Waals surface area contributed by atoms with E-state index in [2.05, 4.69) is 150 Å². The van der Waals surface area contributed by atoms with Gasteiger partial charge in [0.05, 0.1) is 6.04 Å². The van der Waals surface area contributed by atoms with E-state index < -0.39 is 0 Å². The van der Waals surface area contributed by atoms with Crippen LogP contribution in [0.5, 0.6) is 0 Å². The topological polar surface area (TPSA) is 13.6 Å². The molecule has 1 aliphatic heterocycles. The van der Waals surface area contributed by atoms with Crippen molar-refractivity contribution < 1.29 is 4.57 Å². The highest BCUT2D eigenvalue weighted by atomic mass is 35.5. The van der Waals surface area contributed by atoms with Crippen LogP contribution in [0, 0.1) is 0 Å². The zero-order chi connectivity index (χ0) is 29.3. The van der Waals surface area contributed by atoms with Gasteiger partial charge in [-0.3, -0.25) is 0 Å². The van der Waals surface area contributed by atoms with Gasteiger partial charge in [-0.2, -0.15) is 0 Å². The Morgan fingerprint density at radius 3 is 1.71 bits per heavy atom. The summed E-state index contributed by atoms with van der Waals surface area (Å²) in [5.74, 6) is 0. The van der Waals surface area contributed by atoms with Crippen LogP contribution in [0.25, 0.3) is 0 Å². The van der Waals surface area contributed by atoms with E-state index >= 15 is 0 Å². The largest absolute Gasteiger partial charge is 0.377 e. The molecule has 0 atom stereocenters. The zero-order valence-electron chi connectivity index (χ0n) is 25.0. The minimum absolute atomic E-state index is 0.230. The first-order valence-electron chi connectivity index (χ1n) is 14.9. The number of benzene rings is 3. The fraction of sp³-hybridized carbons (Fsp3) is 0.270. The van der Waals surface area contributed by atoms with Crippen molar-refractivity contribution in [2.45, 2.75) is 44.8 Å². The van der Waals surface area contributed by atoms with E-state index in [1.54, 1.807) is 0 Å². The van der Waals surface area contributed by atoms with E-state index in [0.29, 0.717) is 0 Å². The number of hydrogen-bond donors (Lipinski definition) is 0. The molecule has 5 heteroatoms. The zero-order valence-corrected chi connectivity index (χ0v) is 25.8. The summed E-state index contributed by atoms with van der Waals surface area (Å²) in [6, 6.07) is 30.8. The molecule has 0 fully saturated rings. The molecule has 0 saturated carbocycles. The summed E-state index contributed by atoms with van der Waals surface area (Å²) in [7, 11) is 6.25. The SMILES string of the molecule is CN(C)c1cc[n+](Cc2ccc(CCCCc3ccc(CN4C=CC(N(C)c5ccc(Cl)cc5)C=C4)cc3)cc2)cc1. The lowest BCUT2D eigenvalue weighted by atomic mass is 10.0. The molecule has 1 aliphatic rings. The van der Waals surface area contributed by atoms with Crippen LogP contribution >= 0.6 is 11.6 Å². The van der Waals surface area contributed by atoms with Gasteiger partial charge in [0.1, 0.15) is 0 Å². The molecule has 0 spiro atoms. The Bertz CT molecular complexity index is 1440. The van der Waals surface area contributed by atoms with Crippen molar-refractivity contribution in [2.75, 3.05) is 30.9 Å². The number of hydrogen-bond acceptors (Lipinski definition) is 3. The highest BCUT2D eigenvalue weighted by Gasteiger charge is 2.13. The maximum Gasteiger partial charge on any atom is 0.173 e. The Morgan fingerprint density at radius 2 is 1.17 bits per heavy atom. The van der Waals surface area contributed by atoms with Crippen LogP contribution < -0.4 is 14.4 Å². The van der Waals surface area contributed by atoms with Crippen LogP contribution in [-0.2, 0) is 25.9 Å². The van der Waals surface area contributed by atoms with Gasteiger partial charge < -0.3 is 14.7 Å². The van der Waals surface area contributed by atoms with Gasteiger partial charge in [-0.25, -0.2) is 4.57 Å². The first-order chi connectivity index (χ1) is 20.4. The van der Waals surface area contributed by atoms with Crippen LogP contribution in [0.2, 0.25) is 5.02 Å². The number of rotatable bonds is 12. The van der Waals surface area contributed by atoms with E-state index in [4.69, 9.17) is 11.6 Å². The van der Waals surface area contributed by atoms with E-state index in [9.17, 15) is 0 Å². The highest BCUT2D eigenvalue weighted by molar-refractivity contribution is 6.30. The van der Waals surface area contributed by atoms with E-state index in [-0.39, 0.29) is 6.04 Å². The average molecular weight is 578 g/mol. The van der Waals surface area contributed by atoms with Gasteiger partial charge in [0, 0.05) is 74.2 Å². The molecule has 0 bridgehead atoms. The number of anilines is 2. The Kier molecular flexibility index (Phi) is 9.99. The molecule has 3 aromatic carbocycles. The van der Waals surface area contributed by atoms with E-state index in [0.717, 1.165) is 36.6 Å². The summed E-state index contributed by atoms with van der Waals surface area (Å²) in [5, 5.41) is 0.762. The smallest absolute Gasteiger partial charge is 0.173 e. The molecule has 0 radical (unpaired) electrons. The van der Waals surface area contributed by atoms with Crippen LogP contribution in [-0.4, -0.2) is 32.1 Å². The molecular formula is C37H42ClN4+. The third kappa shape index (κ3) is 8.27. The summed E-state index contributed by atoms with van der Waals surface area (Å²) in [4.78, 5) is 6.61.